The molecule has 0 atom stereocenters. The third-order valence-corrected chi connectivity index (χ3v) is 3.96. The Morgan fingerprint density at radius 3 is 2.90 bits per heavy atom. The van der Waals surface area contributed by atoms with E-state index in [4.69, 9.17) is 10.5 Å². The zero-order chi connectivity index (χ0) is 14.8. The Bertz CT molecular complexity index is 703. The summed E-state index contributed by atoms with van der Waals surface area (Å²) in [6.07, 6.45) is 2.02. The Morgan fingerprint density at radius 2 is 2.10 bits per heavy atom. The number of hydrogen-bond acceptors (Lipinski definition) is 5. The van der Waals surface area contributed by atoms with Gasteiger partial charge in [-0.3, -0.25) is 4.79 Å². The van der Waals surface area contributed by atoms with Crippen LogP contribution in [0.2, 0.25) is 0 Å². The van der Waals surface area contributed by atoms with Gasteiger partial charge < -0.3 is 21.1 Å². The number of benzene rings is 2. The van der Waals surface area contributed by atoms with Crippen LogP contribution in [-0.4, -0.2) is 18.8 Å². The third kappa shape index (κ3) is 2.75. The Labute approximate surface area is 126 Å². The maximum Gasteiger partial charge on any atom is 0.262 e. The number of carbonyl (C=O) groups is 1. The molecule has 0 radical (unpaired) electrons. The Morgan fingerprint density at radius 1 is 1.29 bits per heavy atom. The summed E-state index contributed by atoms with van der Waals surface area (Å²) in [6.45, 7) is 0.0223. The molecule has 2 aromatic rings. The summed E-state index contributed by atoms with van der Waals surface area (Å²) in [5.74, 6) is 0.429. The van der Waals surface area contributed by atoms with Gasteiger partial charge in [0.2, 0.25) is 0 Å². The van der Waals surface area contributed by atoms with Crippen LogP contribution in [0, 0.1) is 0 Å². The topological polar surface area (TPSA) is 76.4 Å². The minimum atomic E-state index is -0.164. The molecular formula is C15H15N3O2S. The number of ether oxygens (including phenoxy) is 1. The van der Waals surface area contributed by atoms with Crippen LogP contribution in [0.5, 0.6) is 5.75 Å². The Hall–Kier alpha value is -2.34. The number of anilines is 4. The van der Waals surface area contributed by atoms with Crippen LogP contribution in [-0.2, 0) is 4.79 Å². The van der Waals surface area contributed by atoms with Crippen molar-refractivity contribution in [2.75, 3.05) is 29.2 Å². The van der Waals surface area contributed by atoms with Crippen LogP contribution in [0.25, 0.3) is 0 Å². The van der Waals surface area contributed by atoms with Crippen LogP contribution in [0.4, 0.5) is 22.7 Å². The molecule has 108 valence electrons. The first-order valence-electron chi connectivity index (χ1n) is 6.43. The molecule has 0 saturated carbocycles. The molecule has 4 N–H and O–H groups in total. The highest BCUT2D eigenvalue weighted by molar-refractivity contribution is 7.98. The molecule has 1 aliphatic heterocycles. The fourth-order valence-corrected chi connectivity index (χ4v) is 2.70. The number of carbonyl (C=O) groups excluding carboxylic acids is 1. The molecule has 2 aromatic carbocycles. The van der Waals surface area contributed by atoms with Gasteiger partial charge in [0.25, 0.3) is 5.91 Å². The largest absolute Gasteiger partial charge is 0.482 e. The molecule has 0 aromatic heterocycles. The summed E-state index contributed by atoms with van der Waals surface area (Å²) in [6, 6.07) is 11.5. The summed E-state index contributed by atoms with van der Waals surface area (Å²) in [5, 5.41) is 6.08. The van der Waals surface area contributed by atoms with Crippen LogP contribution in [0.15, 0.2) is 41.3 Å². The van der Waals surface area contributed by atoms with Gasteiger partial charge in [-0.05, 0) is 24.5 Å². The van der Waals surface area contributed by atoms with Gasteiger partial charge in [-0.1, -0.05) is 12.1 Å². The van der Waals surface area contributed by atoms with E-state index in [1.54, 1.807) is 23.9 Å². The van der Waals surface area contributed by atoms with Gasteiger partial charge >= 0.3 is 0 Å². The number of rotatable bonds is 3. The van der Waals surface area contributed by atoms with Crippen molar-refractivity contribution >= 4 is 40.4 Å². The predicted molar refractivity (Wildman–Crippen MR) is 86.5 cm³/mol. The van der Waals surface area contributed by atoms with Gasteiger partial charge in [0, 0.05) is 11.0 Å². The van der Waals surface area contributed by atoms with Crippen molar-refractivity contribution in [2.24, 2.45) is 0 Å². The molecule has 1 amide bonds. The summed E-state index contributed by atoms with van der Waals surface area (Å²) in [4.78, 5) is 12.5. The number of nitrogens with one attached hydrogen (secondary N) is 2. The smallest absolute Gasteiger partial charge is 0.262 e. The van der Waals surface area contributed by atoms with Crippen molar-refractivity contribution in [3.05, 3.63) is 36.4 Å². The fourth-order valence-electron chi connectivity index (χ4n) is 2.14. The van der Waals surface area contributed by atoms with E-state index in [1.807, 2.05) is 30.5 Å². The Balaban J connectivity index is 1.95. The second kappa shape index (κ2) is 5.57. The van der Waals surface area contributed by atoms with Gasteiger partial charge in [0.1, 0.15) is 5.75 Å². The van der Waals surface area contributed by atoms with Gasteiger partial charge in [-0.25, -0.2) is 0 Å². The first kappa shape index (κ1) is 13.6. The minimum absolute atomic E-state index is 0.0223. The lowest BCUT2D eigenvalue weighted by atomic mass is 10.2. The molecule has 0 aliphatic carbocycles. The number of nitrogen functional groups attached to an aromatic ring is 1. The molecule has 1 heterocycles. The van der Waals surface area contributed by atoms with E-state index in [0.717, 1.165) is 16.3 Å². The second-order valence-electron chi connectivity index (χ2n) is 4.60. The zero-order valence-corrected chi connectivity index (χ0v) is 12.3. The van der Waals surface area contributed by atoms with E-state index in [9.17, 15) is 4.79 Å². The molecule has 0 spiro atoms. The molecule has 5 nitrogen and oxygen atoms in total. The van der Waals surface area contributed by atoms with Crippen LogP contribution >= 0.6 is 11.8 Å². The van der Waals surface area contributed by atoms with E-state index in [2.05, 4.69) is 10.6 Å². The highest BCUT2D eigenvalue weighted by atomic mass is 32.2. The fraction of sp³-hybridized carbons (Fsp3) is 0.133. The lowest BCUT2D eigenvalue weighted by molar-refractivity contribution is -0.118. The first-order chi connectivity index (χ1) is 10.2. The monoisotopic (exact) mass is 301 g/mol. The molecule has 0 fully saturated rings. The number of para-hydroxylation sites is 1. The van der Waals surface area contributed by atoms with E-state index in [0.29, 0.717) is 17.1 Å². The number of fused-ring (bicyclic) bond motifs is 1. The van der Waals surface area contributed by atoms with Crippen molar-refractivity contribution in [2.45, 2.75) is 4.90 Å². The zero-order valence-electron chi connectivity index (χ0n) is 11.5. The number of thioether (sulfide) groups is 1. The van der Waals surface area contributed by atoms with E-state index < -0.39 is 0 Å². The highest BCUT2D eigenvalue weighted by Crippen LogP contribution is 2.37. The first-order valence-corrected chi connectivity index (χ1v) is 7.66. The van der Waals surface area contributed by atoms with Gasteiger partial charge in [-0.15, -0.1) is 11.8 Å². The maximum atomic E-state index is 11.4. The quantitative estimate of drug-likeness (QED) is 0.600. The second-order valence-corrected chi connectivity index (χ2v) is 5.45. The lowest BCUT2D eigenvalue weighted by Gasteiger charge is -2.20. The van der Waals surface area contributed by atoms with Gasteiger partial charge in [-0.2, -0.15) is 0 Å². The minimum Gasteiger partial charge on any atom is -0.482 e. The van der Waals surface area contributed by atoms with Crippen LogP contribution in [0.3, 0.4) is 0 Å². The summed E-state index contributed by atoms with van der Waals surface area (Å²) in [5.41, 5.74) is 8.97. The standard InChI is InChI=1S/C15H15N3O2S/c1-21-14-5-3-2-4-10(14)17-11-7-12-13(6-9(11)16)20-8-15(19)18-12/h2-7,17H,8,16H2,1H3,(H,18,19). The summed E-state index contributed by atoms with van der Waals surface area (Å²) < 4.78 is 5.34. The molecule has 0 bridgehead atoms. The van der Waals surface area contributed by atoms with E-state index >= 15 is 0 Å². The van der Waals surface area contributed by atoms with Crippen LogP contribution < -0.4 is 21.1 Å². The lowest BCUT2D eigenvalue weighted by Crippen LogP contribution is -2.25. The molecule has 21 heavy (non-hydrogen) atoms. The highest BCUT2D eigenvalue weighted by Gasteiger charge is 2.18. The molecule has 6 heteroatoms. The van der Waals surface area contributed by atoms with Crippen molar-refractivity contribution < 1.29 is 9.53 Å². The SMILES string of the molecule is CSc1ccccc1Nc1cc2c(cc1N)OCC(=O)N2. The average Bonchev–Trinajstić information content (AvgIpc) is 2.49. The van der Waals surface area contributed by atoms with Crippen molar-refractivity contribution in [1.29, 1.82) is 0 Å². The number of amides is 1. The molecule has 1 aliphatic rings. The third-order valence-electron chi connectivity index (χ3n) is 3.16. The summed E-state index contributed by atoms with van der Waals surface area (Å²) in [7, 11) is 0. The molecule has 0 saturated heterocycles. The maximum absolute atomic E-state index is 11.4. The molecule has 0 unspecified atom stereocenters. The van der Waals surface area contributed by atoms with E-state index in [1.165, 1.54) is 0 Å². The number of nitrogens with two attached hydrogens (primary N) is 1. The van der Waals surface area contributed by atoms with Crippen molar-refractivity contribution in [3.8, 4) is 5.75 Å². The molecular weight excluding hydrogens is 286 g/mol. The predicted octanol–water partition coefficient (Wildman–Crippen LogP) is 3.07. The van der Waals surface area contributed by atoms with Crippen molar-refractivity contribution in [3.63, 3.8) is 0 Å². The number of hydrogen-bond donors (Lipinski definition) is 3. The van der Waals surface area contributed by atoms with Crippen molar-refractivity contribution in [1.82, 2.24) is 0 Å². The van der Waals surface area contributed by atoms with Crippen LogP contribution in [0.1, 0.15) is 0 Å². The van der Waals surface area contributed by atoms with E-state index in [-0.39, 0.29) is 12.5 Å². The Kier molecular flexibility index (Phi) is 3.62. The normalized spacial score (nSPS) is 13.1. The van der Waals surface area contributed by atoms with Gasteiger partial charge in [0.05, 0.1) is 22.7 Å². The van der Waals surface area contributed by atoms with Gasteiger partial charge in [0.15, 0.2) is 6.61 Å². The molecule has 3 rings (SSSR count). The summed E-state index contributed by atoms with van der Waals surface area (Å²) >= 11 is 1.65. The average molecular weight is 301 g/mol.